The van der Waals surface area contributed by atoms with E-state index in [1.54, 1.807) is 19.1 Å². The zero-order valence-corrected chi connectivity index (χ0v) is 23.0. The third-order valence-corrected chi connectivity index (χ3v) is 8.15. The number of phenols is 1. The van der Waals surface area contributed by atoms with Gasteiger partial charge in [0.1, 0.15) is 5.75 Å². The van der Waals surface area contributed by atoms with Gasteiger partial charge in [0.05, 0.1) is 11.4 Å². The number of carbonyl (C=O) groups is 2. The van der Waals surface area contributed by atoms with E-state index in [4.69, 9.17) is 10.2 Å². The number of hydrogen-bond acceptors (Lipinski definition) is 6. The van der Waals surface area contributed by atoms with Crippen LogP contribution < -0.4 is 10.0 Å². The number of nitrogens with one attached hydrogen (secondary N) is 2. The van der Waals surface area contributed by atoms with E-state index < -0.39 is 22.0 Å². The molecule has 1 aliphatic rings. The minimum atomic E-state index is -3.46. The summed E-state index contributed by atoms with van der Waals surface area (Å²) in [5, 5.41) is 29.4. The van der Waals surface area contributed by atoms with E-state index in [1.807, 2.05) is 6.92 Å². The van der Waals surface area contributed by atoms with Crippen molar-refractivity contribution in [2.45, 2.75) is 32.7 Å². The Balaban J connectivity index is 0.000000466. The average molecular weight is 634 g/mol. The average Bonchev–Trinajstić information content (AvgIpc) is 2.77. The molecule has 0 bridgehead atoms. The molecule has 1 heterocycles. The summed E-state index contributed by atoms with van der Waals surface area (Å²) in [6.45, 7) is 4.42. The number of sulfonamides is 1. The summed E-state index contributed by atoms with van der Waals surface area (Å²) in [5.74, 6) is -2.59. The highest BCUT2D eigenvalue weighted by atomic mass is 79.9. The minimum Gasteiger partial charge on any atom is -0.506 e. The summed E-state index contributed by atoms with van der Waals surface area (Å²) < 4.78 is 28.4. The molecule has 0 aromatic heterocycles. The fraction of sp³-hybridized carbons (Fsp3) is 0.304. The highest BCUT2D eigenvalue weighted by molar-refractivity contribution is 9.11. The smallest absolute Gasteiger partial charge is 0.328 e. The van der Waals surface area contributed by atoms with Gasteiger partial charge in [0, 0.05) is 27.1 Å². The van der Waals surface area contributed by atoms with Gasteiger partial charge in [0.15, 0.2) is 0 Å². The van der Waals surface area contributed by atoms with Gasteiger partial charge in [0.2, 0.25) is 10.0 Å². The Morgan fingerprint density at radius 2 is 1.69 bits per heavy atom. The van der Waals surface area contributed by atoms with Crippen molar-refractivity contribution in [1.29, 1.82) is 0 Å². The lowest BCUT2D eigenvalue weighted by Crippen LogP contribution is -2.31. The lowest BCUT2D eigenvalue weighted by molar-refractivity contribution is -0.134. The number of anilines is 1. The Labute approximate surface area is 220 Å². The second-order valence-electron chi connectivity index (χ2n) is 7.73. The Bertz CT molecular complexity index is 1210. The summed E-state index contributed by atoms with van der Waals surface area (Å²) in [4.78, 5) is 19.1. The van der Waals surface area contributed by atoms with Crippen molar-refractivity contribution in [2.24, 2.45) is 0 Å². The van der Waals surface area contributed by atoms with Crippen LogP contribution >= 0.6 is 31.9 Å². The molecule has 2 aromatic carbocycles. The molecule has 0 fully saturated rings. The van der Waals surface area contributed by atoms with Crippen LogP contribution in [0.25, 0.3) is 0 Å². The molecule has 35 heavy (non-hydrogen) atoms. The maximum atomic E-state index is 11.9. The molecule has 2 aromatic rings. The molecule has 0 radical (unpaired) electrons. The van der Waals surface area contributed by atoms with Crippen LogP contribution in [0.3, 0.4) is 0 Å². The molecular weight excluding hydrogens is 608 g/mol. The number of carboxylic acids is 2. The number of fused-ring (bicyclic) bond motifs is 1. The predicted octanol–water partition coefficient (Wildman–Crippen LogP) is 4.13. The first-order chi connectivity index (χ1) is 16.3. The normalized spacial score (nSPS) is 15.1. The van der Waals surface area contributed by atoms with Crippen LogP contribution in [0.15, 0.2) is 45.4 Å². The van der Waals surface area contributed by atoms with Gasteiger partial charge in [0.25, 0.3) is 0 Å². The SMILES string of the molecule is CCS(=O)(=O)Nc1cc2c(cc1O)CCNC2Cc1cc(Br)c(C)c(Br)c1.O=C(O)/C=C/C(=O)O. The maximum Gasteiger partial charge on any atom is 0.328 e. The van der Waals surface area contributed by atoms with Gasteiger partial charge in [-0.2, -0.15) is 0 Å². The van der Waals surface area contributed by atoms with E-state index in [9.17, 15) is 23.1 Å². The lowest BCUT2D eigenvalue weighted by Gasteiger charge is -2.28. The van der Waals surface area contributed by atoms with Crippen molar-refractivity contribution >= 4 is 59.5 Å². The van der Waals surface area contributed by atoms with Crippen LogP contribution in [0.5, 0.6) is 5.75 Å². The molecule has 3 rings (SSSR count). The first kappa shape index (κ1) is 28.8. The van der Waals surface area contributed by atoms with Gasteiger partial charge < -0.3 is 20.6 Å². The lowest BCUT2D eigenvalue weighted by atomic mass is 9.89. The highest BCUT2D eigenvalue weighted by Gasteiger charge is 2.23. The summed E-state index contributed by atoms with van der Waals surface area (Å²) in [6, 6.07) is 7.69. The van der Waals surface area contributed by atoms with E-state index in [-0.39, 0.29) is 23.2 Å². The number of carboxylic acid groups (broad SMARTS) is 2. The molecule has 190 valence electrons. The van der Waals surface area contributed by atoms with Crippen LogP contribution in [-0.4, -0.2) is 48.0 Å². The fourth-order valence-corrected chi connectivity index (χ4v) is 5.30. The number of rotatable bonds is 7. The van der Waals surface area contributed by atoms with Gasteiger partial charge in [-0.1, -0.05) is 31.9 Å². The molecule has 12 heteroatoms. The zero-order valence-electron chi connectivity index (χ0n) is 19.0. The Kier molecular flexibility index (Phi) is 10.3. The molecular formula is C23H26Br2N2O7S. The van der Waals surface area contributed by atoms with Crippen LogP contribution in [-0.2, 0) is 32.5 Å². The van der Waals surface area contributed by atoms with Crippen molar-refractivity contribution < 1.29 is 33.3 Å². The van der Waals surface area contributed by atoms with E-state index in [0.717, 1.165) is 50.6 Å². The van der Waals surface area contributed by atoms with Crippen molar-refractivity contribution in [3.63, 3.8) is 0 Å². The molecule has 0 saturated heterocycles. The molecule has 0 aliphatic carbocycles. The number of aliphatic carboxylic acids is 2. The topological polar surface area (TPSA) is 153 Å². The van der Waals surface area contributed by atoms with Gasteiger partial charge in [-0.15, -0.1) is 0 Å². The summed E-state index contributed by atoms with van der Waals surface area (Å²) in [6.07, 6.45) is 2.67. The number of benzene rings is 2. The zero-order chi connectivity index (χ0) is 26.3. The van der Waals surface area contributed by atoms with Gasteiger partial charge in [-0.3, -0.25) is 4.72 Å². The van der Waals surface area contributed by atoms with Crippen molar-refractivity contribution in [2.75, 3.05) is 17.0 Å². The Morgan fingerprint density at radius 3 is 2.20 bits per heavy atom. The van der Waals surface area contributed by atoms with Crippen molar-refractivity contribution in [3.05, 3.63) is 67.6 Å². The van der Waals surface area contributed by atoms with Crippen molar-refractivity contribution in [1.82, 2.24) is 5.32 Å². The first-order valence-corrected chi connectivity index (χ1v) is 13.7. The monoisotopic (exact) mass is 632 g/mol. The minimum absolute atomic E-state index is 0.0350. The van der Waals surface area contributed by atoms with E-state index >= 15 is 0 Å². The maximum absolute atomic E-state index is 11.9. The molecule has 0 amide bonds. The number of halogens is 2. The van der Waals surface area contributed by atoms with E-state index in [0.29, 0.717) is 12.2 Å². The van der Waals surface area contributed by atoms with Crippen LogP contribution in [0.1, 0.15) is 35.2 Å². The van der Waals surface area contributed by atoms with Crippen LogP contribution in [0.2, 0.25) is 0 Å². The van der Waals surface area contributed by atoms with Crippen molar-refractivity contribution in [3.8, 4) is 5.75 Å². The first-order valence-electron chi connectivity index (χ1n) is 10.5. The number of phenolic OH excluding ortho intramolecular Hbond substituents is 1. The highest BCUT2D eigenvalue weighted by Crippen LogP contribution is 2.36. The molecule has 0 saturated carbocycles. The Morgan fingerprint density at radius 1 is 1.11 bits per heavy atom. The van der Waals surface area contributed by atoms with Gasteiger partial charge >= 0.3 is 11.9 Å². The summed E-state index contributed by atoms with van der Waals surface area (Å²) in [7, 11) is -3.46. The molecule has 9 nitrogen and oxygen atoms in total. The Hall–Kier alpha value is -2.41. The largest absolute Gasteiger partial charge is 0.506 e. The second-order valence-corrected chi connectivity index (χ2v) is 11.4. The predicted molar refractivity (Wildman–Crippen MR) is 140 cm³/mol. The summed E-state index contributed by atoms with van der Waals surface area (Å²) in [5.41, 5.74) is 4.60. The molecule has 1 aliphatic heterocycles. The molecule has 0 spiro atoms. The third kappa shape index (κ3) is 8.64. The molecule has 5 N–H and O–H groups in total. The standard InChI is InChI=1S/C19H22Br2N2O3S.C4H4O4/c1-3-27(25,26)23-18-10-14-13(9-19(18)24)4-5-22-17(14)8-12-6-15(20)11(2)16(21)7-12;5-3(6)1-2-4(7)8/h6-7,9-10,17,22-24H,3-5,8H2,1-2H3;1-2H,(H,5,6)(H,7,8)/b;2-1+. The molecule has 1 atom stereocenters. The number of hydrogen-bond donors (Lipinski definition) is 5. The van der Waals surface area contributed by atoms with Crippen LogP contribution in [0.4, 0.5) is 5.69 Å². The molecule has 1 unspecified atom stereocenters. The van der Waals surface area contributed by atoms with Crippen LogP contribution in [0, 0.1) is 6.92 Å². The van der Waals surface area contributed by atoms with E-state index in [1.165, 1.54) is 0 Å². The van der Waals surface area contributed by atoms with Gasteiger partial charge in [-0.25, -0.2) is 18.0 Å². The third-order valence-electron chi connectivity index (χ3n) is 5.21. The van der Waals surface area contributed by atoms with Gasteiger partial charge in [-0.05, 0) is 79.8 Å². The quantitative estimate of drug-likeness (QED) is 0.225. The fourth-order valence-electron chi connectivity index (χ4n) is 3.38. The summed E-state index contributed by atoms with van der Waals surface area (Å²) >= 11 is 7.19. The van der Waals surface area contributed by atoms with E-state index in [2.05, 4.69) is 54.0 Å². The second kappa shape index (κ2) is 12.5. The number of aromatic hydroxyl groups is 1.